The lowest BCUT2D eigenvalue weighted by Crippen LogP contribution is -2.38. The minimum absolute atomic E-state index is 0.00272. The number of amides is 1. The summed E-state index contributed by atoms with van der Waals surface area (Å²) in [5, 5.41) is 9.01. The molecule has 1 amide bonds. The van der Waals surface area contributed by atoms with E-state index in [1.165, 1.54) is 29.2 Å². The molecule has 2 bridgehead atoms. The van der Waals surface area contributed by atoms with Crippen LogP contribution in [-0.4, -0.2) is 31.1 Å². The van der Waals surface area contributed by atoms with Gasteiger partial charge in [-0.1, -0.05) is 30.7 Å². The number of nitrogens with zero attached hydrogens (tertiary/aromatic N) is 2. The number of benzene rings is 3. The highest BCUT2D eigenvalue weighted by Crippen LogP contribution is 2.49. The Morgan fingerprint density at radius 3 is 2.33 bits per heavy atom. The zero-order chi connectivity index (χ0) is 28.6. The van der Waals surface area contributed by atoms with E-state index in [4.69, 9.17) is 6.48 Å². The number of rotatable bonds is 8. The number of carboxylic acids is 1. The highest BCUT2D eigenvalue weighted by atomic mass is 19.1. The molecule has 1 N–H and O–H groups in total. The molecule has 0 aromatic heterocycles. The monoisotopic (exact) mass is 531 g/mol. The predicted octanol–water partition coefficient (Wildman–Crippen LogP) is 6.77. The number of carboxylic acid groups (broad SMARTS) is 1. The molecule has 2 aliphatic rings. The van der Waals surface area contributed by atoms with Gasteiger partial charge >= 0.3 is 5.97 Å². The molecule has 2 fully saturated rings. The summed E-state index contributed by atoms with van der Waals surface area (Å²) in [6, 6.07) is 16.0. The van der Waals surface area contributed by atoms with E-state index in [0.717, 1.165) is 48.7 Å². The summed E-state index contributed by atoms with van der Waals surface area (Å²) in [7, 11) is 3.87. The van der Waals surface area contributed by atoms with Gasteiger partial charge in [-0.3, -0.25) is 4.79 Å². The quantitative estimate of drug-likeness (QED) is 0.326. The molecule has 0 unspecified atom stereocenters. The second-order valence-electron chi connectivity index (χ2n) is 10.7. The average Bonchev–Trinajstić information content (AvgIpc) is 3.56. The highest BCUT2D eigenvalue weighted by Gasteiger charge is 2.44. The summed E-state index contributed by atoms with van der Waals surface area (Å²) in [6.45, 7) is -1.46. The lowest BCUT2D eigenvalue weighted by Gasteiger charge is -2.30. The molecule has 0 spiro atoms. The molecular weight excluding hydrogens is 498 g/mol. The van der Waals surface area contributed by atoms with Gasteiger partial charge in [0, 0.05) is 43.0 Å². The van der Waals surface area contributed by atoms with Crippen molar-refractivity contribution < 1.29 is 24.8 Å². The first kappa shape index (κ1) is 25.3. The van der Waals surface area contributed by atoms with Gasteiger partial charge in [0.05, 0.1) is 7.89 Å². The fraction of sp³-hybridized carbons (Fsp3) is 0.312. The molecule has 0 aliphatic heterocycles. The normalized spacial score (nSPS) is 21.1. The summed E-state index contributed by atoms with van der Waals surface area (Å²) in [6.07, 6.45) is 5.78. The van der Waals surface area contributed by atoms with E-state index >= 15 is 4.39 Å². The smallest absolute Gasteiger partial charge is 0.328 e. The Kier molecular flexibility index (Phi) is 7.14. The summed E-state index contributed by atoms with van der Waals surface area (Å²) in [5.74, 6) is -2.50. The Labute approximate surface area is 228 Å². The van der Waals surface area contributed by atoms with Crippen molar-refractivity contribution in [1.29, 1.82) is 0 Å². The maximum atomic E-state index is 15.6. The molecular formula is C32H32F2N2O3. The lowest BCUT2D eigenvalue weighted by atomic mass is 9.87. The third-order valence-corrected chi connectivity index (χ3v) is 7.88. The Morgan fingerprint density at radius 1 is 0.974 bits per heavy atom. The summed E-state index contributed by atoms with van der Waals surface area (Å²) in [5.41, 5.74) is 2.78. The van der Waals surface area contributed by atoms with Gasteiger partial charge in [0.25, 0.3) is 0 Å². The average molecular weight is 532 g/mol. The van der Waals surface area contributed by atoms with Crippen molar-refractivity contribution in [3.8, 4) is 11.1 Å². The lowest BCUT2D eigenvalue weighted by molar-refractivity contribution is -0.131. The first-order valence-corrected chi connectivity index (χ1v) is 13.1. The minimum atomic E-state index is -1.46. The number of carbonyl (C=O) groups is 2. The van der Waals surface area contributed by atoms with E-state index < -0.39 is 24.1 Å². The molecule has 2 aliphatic carbocycles. The molecule has 3 aromatic rings. The number of aliphatic carboxylic acids is 1. The predicted molar refractivity (Wildman–Crippen MR) is 149 cm³/mol. The summed E-state index contributed by atoms with van der Waals surface area (Å²) < 4.78 is 39.4. The van der Waals surface area contributed by atoms with Gasteiger partial charge in [0.1, 0.15) is 11.6 Å². The zero-order valence-electron chi connectivity index (χ0n) is 23.0. The van der Waals surface area contributed by atoms with Crippen LogP contribution in [0.25, 0.3) is 17.2 Å². The van der Waals surface area contributed by atoms with Gasteiger partial charge in [-0.25, -0.2) is 13.6 Å². The fourth-order valence-electron chi connectivity index (χ4n) is 5.89. The van der Waals surface area contributed by atoms with Crippen molar-refractivity contribution in [2.24, 2.45) is 17.8 Å². The maximum Gasteiger partial charge on any atom is 0.328 e. The Balaban J connectivity index is 1.51. The minimum Gasteiger partial charge on any atom is -0.478 e. The molecule has 39 heavy (non-hydrogen) atoms. The first-order valence-electron chi connectivity index (χ1n) is 13.7. The van der Waals surface area contributed by atoms with Crippen LogP contribution in [0.5, 0.6) is 0 Å². The molecule has 2 saturated carbocycles. The maximum absolute atomic E-state index is 15.6. The van der Waals surface area contributed by atoms with Crippen LogP contribution < -0.4 is 9.80 Å². The largest absolute Gasteiger partial charge is 0.478 e. The molecule has 0 heterocycles. The van der Waals surface area contributed by atoms with Gasteiger partial charge in [-0.15, -0.1) is 0 Å². The van der Waals surface area contributed by atoms with Crippen molar-refractivity contribution in [3.63, 3.8) is 0 Å². The van der Waals surface area contributed by atoms with Crippen LogP contribution in [0, 0.1) is 29.4 Å². The molecule has 3 aromatic carbocycles. The van der Waals surface area contributed by atoms with E-state index in [9.17, 15) is 14.0 Å². The first-order chi connectivity index (χ1) is 19.1. The third kappa shape index (κ3) is 5.87. The summed E-state index contributed by atoms with van der Waals surface area (Å²) in [4.78, 5) is 28.1. The Morgan fingerprint density at radius 2 is 1.72 bits per heavy atom. The van der Waals surface area contributed by atoms with Crippen LogP contribution >= 0.6 is 0 Å². The molecule has 0 radical (unpaired) electrons. The van der Waals surface area contributed by atoms with Crippen LogP contribution in [0.15, 0.2) is 66.7 Å². The van der Waals surface area contributed by atoms with Crippen molar-refractivity contribution in [2.45, 2.75) is 32.2 Å². The number of carbonyl (C=O) groups excluding carboxylic acids is 1. The molecule has 5 rings (SSSR count). The van der Waals surface area contributed by atoms with E-state index in [0.29, 0.717) is 17.9 Å². The SMILES string of the molecule is [2H][C@H](c1ccc(-c2ccc(N(C)C)cc2)cc1F)N(C(=O)[C@H]1C[C@@H]2CC[C@H]1C2)c1cc(F)cc(/C=C/C(=O)O)c1. The number of hydrogen-bond acceptors (Lipinski definition) is 3. The van der Waals surface area contributed by atoms with Crippen molar-refractivity contribution in [3.05, 3.63) is 89.5 Å². The fourth-order valence-corrected chi connectivity index (χ4v) is 5.89. The van der Waals surface area contributed by atoms with Gasteiger partial charge in [-0.05, 0) is 90.3 Å². The number of anilines is 2. The van der Waals surface area contributed by atoms with Gasteiger partial charge < -0.3 is 14.9 Å². The molecule has 4 atom stereocenters. The van der Waals surface area contributed by atoms with E-state index in [1.807, 2.05) is 43.3 Å². The van der Waals surface area contributed by atoms with E-state index in [1.54, 1.807) is 6.07 Å². The second-order valence-corrected chi connectivity index (χ2v) is 10.7. The van der Waals surface area contributed by atoms with Crippen molar-refractivity contribution in [2.75, 3.05) is 23.9 Å². The van der Waals surface area contributed by atoms with Gasteiger partial charge in [0.2, 0.25) is 5.91 Å². The number of hydrogen-bond donors (Lipinski definition) is 1. The van der Waals surface area contributed by atoms with Gasteiger partial charge in [0.15, 0.2) is 0 Å². The number of halogens is 2. The highest BCUT2D eigenvalue weighted by molar-refractivity contribution is 5.96. The van der Waals surface area contributed by atoms with E-state index in [2.05, 4.69) is 0 Å². The Bertz CT molecular complexity index is 1460. The molecule has 5 nitrogen and oxygen atoms in total. The number of fused-ring (bicyclic) bond motifs is 2. The van der Waals surface area contributed by atoms with Crippen LogP contribution in [0.4, 0.5) is 20.2 Å². The zero-order valence-corrected chi connectivity index (χ0v) is 22.0. The van der Waals surface area contributed by atoms with Crippen LogP contribution in [0.1, 0.15) is 38.2 Å². The molecule has 0 saturated heterocycles. The van der Waals surface area contributed by atoms with Gasteiger partial charge in [-0.2, -0.15) is 0 Å². The standard InChI is InChI=1S/C32H32F2N2O3/c1-35(2)27-10-8-22(9-11-27)23-6-7-25(30(34)17-23)19-36(32(39)29-16-20-3-5-24(29)13-20)28-15-21(4-12-31(37)38)14-26(33)18-28/h4,6-12,14-15,17-18,20,24,29H,3,5,13,16,19H2,1-2H3,(H,37,38)/b12-4+/t20-,24+,29+/m1/s1/i19D/t19-,20-,24+,29+. The molecule has 7 heteroatoms. The third-order valence-electron chi connectivity index (χ3n) is 7.88. The van der Waals surface area contributed by atoms with Crippen LogP contribution in [0.2, 0.25) is 0 Å². The van der Waals surface area contributed by atoms with Crippen molar-refractivity contribution >= 4 is 29.3 Å². The van der Waals surface area contributed by atoms with Crippen LogP contribution in [0.3, 0.4) is 0 Å². The Hall–Kier alpha value is -4.00. The molecule has 202 valence electrons. The topological polar surface area (TPSA) is 60.9 Å². The second kappa shape index (κ2) is 11.0. The summed E-state index contributed by atoms with van der Waals surface area (Å²) >= 11 is 0. The van der Waals surface area contributed by atoms with Crippen molar-refractivity contribution in [1.82, 2.24) is 0 Å². The van der Waals surface area contributed by atoms with Crippen LogP contribution in [-0.2, 0) is 16.1 Å². The van der Waals surface area contributed by atoms with E-state index in [-0.39, 0.29) is 34.6 Å².